The van der Waals surface area contributed by atoms with Crippen molar-refractivity contribution in [2.45, 2.75) is 57.7 Å². The third-order valence-corrected chi connectivity index (χ3v) is 6.52. The molecule has 0 radical (unpaired) electrons. The van der Waals surface area contributed by atoms with Gasteiger partial charge in [-0.2, -0.15) is 0 Å². The van der Waals surface area contributed by atoms with Crippen LogP contribution in [-0.4, -0.2) is 51.9 Å². The van der Waals surface area contributed by atoms with Gasteiger partial charge in [0.2, 0.25) is 0 Å². The van der Waals surface area contributed by atoms with E-state index in [1.807, 2.05) is 23.2 Å². The van der Waals surface area contributed by atoms with Gasteiger partial charge in [-0.1, -0.05) is 23.7 Å². The van der Waals surface area contributed by atoms with Crippen LogP contribution in [0.5, 0.6) is 0 Å². The number of hydrogen-bond donors (Lipinski definition) is 0. The van der Waals surface area contributed by atoms with Crippen molar-refractivity contribution in [1.82, 2.24) is 14.7 Å². The van der Waals surface area contributed by atoms with Crippen LogP contribution in [0.4, 0.5) is 4.79 Å². The average Bonchev–Trinajstić information content (AvgIpc) is 3.46. The third-order valence-electron chi connectivity index (χ3n) is 6.27. The van der Waals surface area contributed by atoms with Crippen molar-refractivity contribution in [3.8, 4) is 0 Å². The largest absolute Gasteiger partial charge is 0.324 e. The van der Waals surface area contributed by atoms with Crippen molar-refractivity contribution in [3.05, 3.63) is 47.1 Å². The molecule has 1 aromatic rings. The molecule has 1 saturated carbocycles. The summed E-state index contributed by atoms with van der Waals surface area (Å²) in [6.07, 6.45) is 8.94. The normalized spacial score (nSPS) is 22.9. The first-order valence-corrected chi connectivity index (χ1v) is 10.6. The van der Waals surface area contributed by atoms with Crippen molar-refractivity contribution >= 4 is 17.6 Å². The lowest BCUT2D eigenvalue weighted by Gasteiger charge is -2.51. The number of halogens is 1. The van der Waals surface area contributed by atoms with E-state index >= 15 is 0 Å². The number of likely N-dealkylation sites (tertiary alicyclic amines) is 1. The summed E-state index contributed by atoms with van der Waals surface area (Å²) in [4.78, 5) is 19.8. The van der Waals surface area contributed by atoms with E-state index in [4.69, 9.17) is 11.6 Å². The van der Waals surface area contributed by atoms with Gasteiger partial charge in [0.05, 0.1) is 5.54 Å². The van der Waals surface area contributed by atoms with Crippen molar-refractivity contribution in [2.75, 3.05) is 19.6 Å². The maximum absolute atomic E-state index is 13.2. The first-order chi connectivity index (χ1) is 13.0. The Morgan fingerprint density at radius 3 is 2.41 bits per heavy atom. The summed E-state index contributed by atoms with van der Waals surface area (Å²) >= 11 is 6.00. The van der Waals surface area contributed by atoms with E-state index in [-0.39, 0.29) is 17.6 Å². The van der Waals surface area contributed by atoms with Crippen LogP contribution in [0.2, 0.25) is 5.02 Å². The lowest BCUT2D eigenvalue weighted by Crippen LogP contribution is -2.62. The highest BCUT2D eigenvalue weighted by atomic mass is 35.5. The summed E-state index contributed by atoms with van der Waals surface area (Å²) in [5.41, 5.74) is 1.20. The molecule has 3 aliphatic rings. The standard InChI is InChI=1S/C22H30ClN3O/c1-17(2)25-14-11-22(26(21(25)27)16-19-3-4-19)9-12-24(13-10-22)15-18-5-7-20(23)8-6-18/h5-8,11,14,17,19H,3-4,9-10,12-13,15-16H2,1-2H3. The summed E-state index contributed by atoms with van der Waals surface area (Å²) < 4.78 is 0. The fourth-order valence-corrected chi connectivity index (χ4v) is 4.42. The summed E-state index contributed by atoms with van der Waals surface area (Å²) in [6, 6.07) is 8.54. The molecular formula is C22H30ClN3O. The maximum atomic E-state index is 13.2. The summed E-state index contributed by atoms with van der Waals surface area (Å²) in [7, 11) is 0. The molecule has 27 heavy (non-hydrogen) atoms. The van der Waals surface area contributed by atoms with Gasteiger partial charge in [-0.15, -0.1) is 0 Å². The van der Waals surface area contributed by atoms with Crippen LogP contribution in [-0.2, 0) is 6.54 Å². The Hall–Kier alpha value is -1.52. The predicted octanol–water partition coefficient (Wildman–Crippen LogP) is 4.74. The zero-order valence-electron chi connectivity index (χ0n) is 16.4. The van der Waals surface area contributed by atoms with Crippen molar-refractivity contribution in [2.24, 2.45) is 5.92 Å². The first kappa shape index (κ1) is 18.8. The SMILES string of the molecule is CC(C)N1C=CC2(CCN(Cc3ccc(Cl)cc3)CC2)N(CC2CC2)C1=O. The minimum absolute atomic E-state index is 0.0957. The minimum atomic E-state index is -0.0957. The van der Waals surface area contributed by atoms with E-state index in [0.717, 1.165) is 44.0 Å². The van der Waals surface area contributed by atoms with Crippen molar-refractivity contribution < 1.29 is 4.79 Å². The number of carbonyl (C=O) groups is 1. The van der Waals surface area contributed by atoms with E-state index in [2.05, 4.69) is 41.9 Å². The van der Waals surface area contributed by atoms with E-state index in [9.17, 15) is 4.79 Å². The molecule has 4 nitrogen and oxygen atoms in total. The highest BCUT2D eigenvalue weighted by Gasteiger charge is 2.46. The van der Waals surface area contributed by atoms with E-state index < -0.39 is 0 Å². The highest BCUT2D eigenvalue weighted by Crippen LogP contribution is 2.39. The van der Waals surface area contributed by atoms with Gasteiger partial charge >= 0.3 is 6.03 Å². The van der Waals surface area contributed by atoms with Gasteiger partial charge in [-0.25, -0.2) is 4.79 Å². The lowest BCUT2D eigenvalue weighted by molar-refractivity contribution is 0.0475. The number of benzene rings is 1. The van der Waals surface area contributed by atoms with Gasteiger partial charge < -0.3 is 4.90 Å². The zero-order chi connectivity index (χ0) is 19.0. The number of amides is 2. The van der Waals surface area contributed by atoms with Gasteiger partial charge in [0.1, 0.15) is 0 Å². The molecule has 2 heterocycles. The lowest BCUT2D eigenvalue weighted by atomic mass is 9.84. The third kappa shape index (κ3) is 4.02. The number of urea groups is 1. The van der Waals surface area contributed by atoms with Crippen molar-refractivity contribution in [1.29, 1.82) is 0 Å². The molecule has 146 valence electrons. The predicted molar refractivity (Wildman–Crippen MR) is 110 cm³/mol. The van der Waals surface area contributed by atoms with Crippen LogP contribution >= 0.6 is 11.6 Å². The first-order valence-electron chi connectivity index (χ1n) is 10.2. The Morgan fingerprint density at radius 1 is 1.15 bits per heavy atom. The molecular weight excluding hydrogens is 358 g/mol. The number of rotatable bonds is 5. The molecule has 4 rings (SSSR count). The Balaban J connectivity index is 1.46. The molecule has 2 aliphatic heterocycles. The van der Waals surface area contributed by atoms with Crippen LogP contribution < -0.4 is 0 Å². The van der Waals surface area contributed by atoms with Crippen LogP contribution in [0.1, 0.15) is 45.1 Å². The second kappa shape index (κ2) is 7.48. The molecule has 1 spiro atoms. The molecule has 5 heteroatoms. The molecule has 0 aromatic heterocycles. The zero-order valence-corrected chi connectivity index (χ0v) is 17.2. The van der Waals surface area contributed by atoms with Crippen LogP contribution in [0, 0.1) is 5.92 Å². The topological polar surface area (TPSA) is 26.8 Å². The monoisotopic (exact) mass is 387 g/mol. The molecule has 1 aromatic carbocycles. The maximum Gasteiger partial charge on any atom is 0.324 e. The Bertz CT molecular complexity index is 703. The Kier molecular flexibility index (Phi) is 5.21. The quantitative estimate of drug-likeness (QED) is 0.729. The van der Waals surface area contributed by atoms with Gasteiger partial charge in [-0.05, 0) is 69.2 Å². The molecule has 2 amide bonds. The van der Waals surface area contributed by atoms with E-state index in [1.165, 1.54) is 18.4 Å². The number of nitrogens with zero attached hydrogens (tertiary/aromatic N) is 3. The van der Waals surface area contributed by atoms with E-state index in [1.54, 1.807) is 0 Å². The van der Waals surface area contributed by atoms with Gasteiger partial charge in [0.25, 0.3) is 0 Å². The van der Waals surface area contributed by atoms with Gasteiger partial charge in [-0.3, -0.25) is 9.80 Å². The molecule has 0 unspecified atom stereocenters. The van der Waals surface area contributed by atoms with Gasteiger partial charge in [0, 0.05) is 43.4 Å². The fraction of sp³-hybridized carbons (Fsp3) is 0.591. The molecule has 0 N–H and O–H groups in total. The molecule has 1 aliphatic carbocycles. The van der Waals surface area contributed by atoms with Crippen LogP contribution in [0.15, 0.2) is 36.5 Å². The summed E-state index contributed by atoms with van der Waals surface area (Å²) in [5.74, 6) is 0.707. The molecule has 0 bridgehead atoms. The summed E-state index contributed by atoms with van der Waals surface area (Å²) in [6.45, 7) is 8.08. The average molecular weight is 388 g/mol. The second-order valence-electron chi connectivity index (χ2n) is 8.66. The van der Waals surface area contributed by atoms with Gasteiger partial charge in [0.15, 0.2) is 0 Å². The smallest absolute Gasteiger partial charge is 0.315 e. The van der Waals surface area contributed by atoms with Crippen LogP contribution in [0.3, 0.4) is 0 Å². The minimum Gasteiger partial charge on any atom is -0.315 e. The number of piperidine rings is 1. The highest BCUT2D eigenvalue weighted by molar-refractivity contribution is 6.30. The fourth-order valence-electron chi connectivity index (χ4n) is 4.30. The summed E-state index contributed by atoms with van der Waals surface area (Å²) in [5, 5.41) is 0.785. The Morgan fingerprint density at radius 2 is 1.81 bits per heavy atom. The second-order valence-corrected chi connectivity index (χ2v) is 9.10. The van der Waals surface area contributed by atoms with E-state index in [0.29, 0.717) is 5.92 Å². The Labute approximate surface area is 167 Å². The molecule has 2 fully saturated rings. The van der Waals surface area contributed by atoms with Crippen LogP contribution in [0.25, 0.3) is 0 Å². The van der Waals surface area contributed by atoms with Crippen molar-refractivity contribution in [3.63, 3.8) is 0 Å². The molecule has 0 atom stereocenters. The number of hydrogen-bond acceptors (Lipinski definition) is 2. The molecule has 1 saturated heterocycles. The number of carbonyl (C=O) groups excluding carboxylic acids is 1.